The van der Waals surface area contributed by atoms with E-state index in [0.717, 1.165) is 34.9 Å². The van der Waals surface area contributed by atoms with Gasteiger partial charge in [-0.05, 0) is 38.3 Å². The number of fused-ring (bicyclic) bond motifs is 1. The van der Waals surface area contributed by atoms with Gasteiger partial charge in [-0.25, -0.2) is 18.4 Å². The SMILES string of the molecule is Cc1cnc([C@@H](C)[C@H](C)S(=O)(=O)Nc2nnc(-c3cccc4[nH]ncc34)n2C2CCOCC2)nc1. The number of aromatic amines is 1. The highest BCUT2D eigenvalue weighted by atomic mass is 32.2. The Balaban J connectivity index is 1.52. The van der Waals surface area contributed by atoms with E-state index < -0.39 is 21.2 Å². The van der Waals surface area contributed by atoms with Crippen molar-refractivity contribution in [3.63, 3.8) is 0 Å². The van der Waals surface area contributed by atoms with Crippen LogP contribution in [-0.2, 0) is 14.8 Å². The molecule has 0 amide bonds. The lowest BCUT2D eigenvalue weighted by Crippen LogP contribution is -2.32. The third-order valence-electron chi connectivity index (χ3n) is 6.61. The predicted molar refractivity (Wildman–Crippen MR) is 131 cm³/mol. The zero-order valence-electron chi connectivity index (χ0n) is 19.8. The molecule has 1 aliphatic heterocycles. The van der Waals surface area contributed by atoms with E-state index in [1.165, 1.54) is 0 Å². The van der Waals surface area contributed by atoms with E-state index in [4.69, 9.17) is 4.74 Å². The molecule has 0 unspecified atom stereocenters. The maximum absolute atomic E-state index is 13.4. The molecule has 1 aliphatic rings. The Kier molecular flexibility index (Phi) is 6.24. The number of H-pyrrole nitrogens is 1. The summed E-state index contributed by atoms with van der Waals surface area (Å²) in [6.07, 6.45) is 6.57. The van der Waals surface area contributed by atoms with Crippen molar-refractivity contribution in [3.05, 3.63) is 48.2 Å². The van der Waals surface area contributed by atoms with E-state index in [-0.39, 0.29) is 12.0 Å². The molecule has 1 aromatic carbocycles. The Labute approximate surface area is 203 Å². The number of nitrogens with one attached hydrogen (secondary N) is 2. The molecule has 0 bridgehead atoms. The molecule has 3 aromatic heterocycles. The van der Waals surface area contributed by atoms with Crippen molar-refractivity contribution in [3.8, 4) is 11.4 Å². The summed E-state index contributed by atoms with van der Waals surface area (Å²) in [5.41, 5.74) is 2.61. The smallest absolute Gasteiger partial charge is 0.238 e. The topological polar surface area (TPSA) is 141 Å². The maximum Gasteiger partial charge on any atom is 0.238 e. The van der Waals surface area contributed by atoms with Crippen molar-refractivity contribution < 1.29 is 13.2 Å². The minimum atomic E-state index is -3.84. The summed E-state index contributed by atoms with van der Waals surface area (Å²) in [5, 5.41) is 15.9. The van der Waals surface area contributed by atoms with Crippen LogP contribution in [0, 0.1) is 6.92 Å². The lowest BCUT2D eigenvalue weighted by atomic mass is 10.1. The lowest BCUT2D eigenvalue weighted by Gasteiger charge is -2.27. The molecule has 11 nitrogen and oxygen atoms in total. The average Bonchev–Trinajstić information content (AvgIpc) is 3.51. The number of hydrogen-bond acceptors (Lipinski definition) is 8. The van der Waals surface area contributed by atoms with Crippen molar-refractivity contribution in [2.24, 2.45) is 0 Å². The number of ether oxygens (including phenoxy) is 1. The van der Waals surface area contributed by atoms with Crippen LogP contribution in [0.15, 0.2) is 36.8 Å². The Morgan fingerprint density at radius 2 is 1.86 bits per heavy atom. The molecule has 35 heavy (non-hydrogen) atoms. The average molecular weight is 497 g/mol. The number of nitrogens with zero attached hydrogens (tertiary/aromatic N) is 6. The molecule has 0 aliphatic carbocycles. The van der Waals surface area contributed by atoms with E-state index in [1.807, 2.05) is 36.6 Å². The minimum absolute atomic E-state index is 0.0123. The number of aromatic nitrogens is 7. The van der Waals surface area contributed by atoms with Crippen LogP contribution in [0.25, 0.3) is 22.3 Å². The molecule has 4 aromatic rings. The molecule has 2 atom stereocenters. The van der Waals surface area contributed by atoms with Gasteiger partial charge in [0.15, 0.2) is 5.82 Å². The fourth-order valence-electron chi connectivity index (χ4n) is 4.33. The first-order valence-electron chi connectivity index (χ1n) is 11.6. The summed E-state index contributed by atoms with van der Waals surface area (Å²) in [7, 11) is -3.84. The number of anilines is 1. The van der Waals surface area contributed by atoms with Crippen molar-refractivity contribution >= 4 is 26.9 Å². The largest absolute Gasteiger partial charge is 0.381 e. The number of sulfonamides is 1. The van der Waals surface area contributed by atoms with Crippen molar-refractivity contribution in [1.82, 2.24) is 34.9 Å². The Bertz CT molecular complexity index is 1420. The summed E-state index contributed by atoms with van der Waals surface area (Å²) < 4.78 is 37.0. The fourth-order valence-corrected chi connectivity index (χ4v) is 5.57. The van der Waals surface area contributed by atoms with Crippen LogP contribution in [0.2, 0.25) is 0 Å². The van der Waals surface area contributed by atoms with Crippen LogP contribution in [0.4, 0.5) is 5.95 Å². The molecular formula is C23H28N8O3S. The molecule has 4 heterocycles. The van der Waals surface area contributed by atoms with E-state index in [2.05, 4.69) is 35.1 Å². The first-order chi connectivity index (χ1) is 16.8. The normalized spacial score (nSPS) is 16.9. The Morgan fingerprint density at radius 1 is 1.11 bits per heavy atom. The van der Waals surface area contributed by atoms with Crippen molar-refractivity contribution in [2.45, 2.75) is 50.8 Å². The van der Waals surface area contributed by atoms with Gasteiger partial charge in [0.05, 0.1) is 17.0 Å². The van der Waals surface area contributed by atoms with Gasteiger partial charge in [-0.15, -0.1) is 10.2 Å². The molecule has 1 saturated heterocycles. The van der Waals surface area contributed by atoms with Gasteiger partial charge in [0.2, 0.25) is 16.0 Å². The van der Waals surface area contributed by atoms with Crippen LogP contribution >= 0.6 is 0 Å². The third-order valence-corrected chi connectivity index (χ3v) is 8.47. The van der Waals surface area contributed by atoms with Gasteiger partial charge < -0.3 is 4.74 Å². The molecule has 0 radical (unpaired) electrons. The van der Waals surface area contributed by atoms with Crippen LogP contribution < -0.4 is 4.72 Å². The summed E-state index contributed by atoms with van der Waals surface area (Å²) >= 11 is 0. The number of rotatable bonds is 7. The molecule has 2 N–H and O–H groups in total. The molecule has 5 rings (SSSR count). The standard InChI is InChI=1S/C23H28N8O3S/c1-14-11-24-21(25-12-14)15(2)16(3)35(32,33)30-23-29-28-22(31(23)17-7-9-34-10-8-17)18-5-4-6-20-19(18)13-26-27-20/h4-6,11-13,15-17H,7-10H2,1-3H3,(H,26,27)(H,29,30)/t15-,16-/m0/s1. The van der Waals surface area contributed by atoms with Crippen LogP contribution in [0.5, 0.6) is 0 Å². The molecule has 1 fully saturated rings. The van der Waals surface area contributed by atoms with E-state index in [0.29, 0.717) is 24.9 Å². The van der Waals surface area contributed by atoms with Crippen LogP contribution in [0.3, 0.4) is 0 Å². The summed E-state index contributed by atoms with van der Waals surface area (Å²) in [6.45, 7) is 6.52. The lowest BCUT2D eigenvalue weighted by molar-refractivity contribution is 0.0704. The van der Waals surface area contributed by atoms with E-state index >= 15 is 0 Å². The highest BCUT2D eigenvalue weighted by molar-refractivity contribution is 7.93. The van der Waals surface area contributed by atoms with E-state index in [9.17, 15) is 8.42 Å². The summed E-state index contributed by atoms with van der Waals surface area (Å²) in [5.74, 6) is 0.832. The highest BCUT2D eigenvalue weighted by Gasteiger charge is 2.33. The monoisotopic (exact) mass is 496 g/mol. The second kappa shape index (κ2) is 9.34. The quantitative estimate of drug-likeness (QED) is 0.397. The zero-order valence-corrected chi connectivity index (χ0v) is 20.7. The second-order valence-electron chi connectivity index (χ2n) is 8.96. The van der Waals surface area contributed by atoms with Crippen molar-refractivity contribution in [2.75, 3.05) is 17.9 Å². The van der Waals surface area contributed by atoms with Gasteiger partial charge in [-0.1, -0.05) is 19.1 Å². The zero-order chi connectivity index (χ0) is 24.6. The summed E-state index contributed by atoms with van der Waals surface area (Å²) in [6, 6.07) is 5.77. The Morgan fingerprint density at radius 3 is 2.60 bits per heavy atom. The first kappa shape index (κ1) is 23.4. The highest BCUT2D eigenvalue weighted by Crippen LogP contribution is 2.34. The van der Waals surface area contributed by atoms with Crippen molar-refractivity contribution in [1.29, 1.82) is 0 Å². The fraction of sp³-hybridized carbons (Fsp3) is 0.435. The van der Waals surface area contributed by atoms with Gasteiger partial charge in [-0.2, -0.15) is 5.10 Å². The van der Waals surface area contributed by atoms with Crippen LogP contribution in [0.1, 0.15) is 50.0 Å². The second-order valence-corrected chi connectivity index (χ2v) is 11.0. The van der Waals surface area contributed by atoms with Gasteiger partial charge in [0.1, 0.15) is 5.82 Å². The maximum atomic E-state index is 13.4. The molecule has 0 spiro atoms. The van der Waals surface area contributed by atoms with Crippen LogP contribution in [-0.4, -0.2) is 61.8 Å². The molecule has 0 saturated carbocycles. The number of benzene rings is 1. The van der Waals surface area contributed by atoms with Gasteiger partial charge >= 0.3 is 0 Å². The number of aryl methyl sites for hydroxylation is 1. The predicted octanol–water partition coefficient (Wildman–Crippen LogP) is 3.21. The Hall–Kier alpha value is -3.38. The first-order valence-corrected chi connectivity index (χ1v) is 13.1. The molecule has 184 valence electrons. The van der Waals surface area contributed by atoms with Gasteiger partial charge in [-0.3, -0.25) is 14.4 Å². The molecule has 12 heteroatoms. The minimum Gasteiger partial charge on any atom is -0.381 e. The summed E-state index contributed by atoms with van der Waals surface area (Å²) in [4.78, 5) is 8.64. The van der Waals surface area contributed by atoms with Gasteiger partial charge in [0, 0.05) is 48.5 Å². The van der Waals surface area contributed by atoms with E-state index in [1.54, 1.807) is 25.5 Å². The number of hydrogen-bond donors (Lipinski definition) is 2. The van der Waals surface area contributed by atoms with Gasteiger partial charge in [0.25, 0.3) is 0 Å². The molecular weight excluding hydrogens is 468 g/mol. The third kappa shape index (κ3) is 4.50.